The normalized spacial score (nSPS) is 14.1. The van der Waals surface area contributed by atoms with Crippen LogP contribution in [0.5, 0.6) is 0 Å². The lowest BCUT2D eigenvalue weighted by Crippen LogP contribution is -2.40. The van der Waals surface area contributed by atoms with Gasteiger partial charge in [-0.15, -0.1) is 0 Å². The highest BCUT2D eigenvalue weighted by Crippen LogP contribution is 2.33. The van der Waals surface area contributed by atoms with Gasteiger partial charge in [0.2, 0.25) is 0 Å². The molecule has 4 heteroatoms. The van der Waals surface area contributed by atoms with E-state index in [9.17, 15) is 9.90 Å². The number of aliphatic hydroxyl groups is 1. The van der Waals surface area contributed by atoms with Gasteiger partial charge in [0.05, 0.1) is 5.69 Å². The van der Waals surface area contributed by atoms with Crippen molar-refractivity contribution in [3.8, 4) is 0 Å². The van der Waals surface area contributed by atoms with Crippen LogP contribution in [0, 0.1) is 5.92 Å². The Labute approximate surface area is 123 Å². The molecule has 0 aliphatic heterocycles. The fourth-order valence-electron chi connectivity index (χ4n) is 2.12. The minimum atomic E-state index is -1.78. The summed E-state index contributed by atoms with van der Waals surface area (Å²) in [6.45, 7) is 3.50. The van der Waals surface area contributed by atoms with E-state index in [-0.39, 0.29) is 11.7 Å². The predicted octanol–water partition coefficient (Wildman–Crippen LogP) is 3.20. The van der Waals surface area contributed by atoms with Crippen LogP contribution < -0.4 is 0 Å². The minimum absolute atomic E-state index is 0.306. The molecule has 2 aromatic rings. The second-order valence-electron chi connectivity index (χ2n) is 4.95. The van der Waals surface area contributed by atoms with E-state index in [2.05, 4.69) is 4.98 Å². The number of ketones is 1. The molecule has 0 fully saturated rings. The van der Waals surface area contributed by atoms with Gasteiger partial charge in [-0.25, -0.2) is 0 Å². The zero-order chi connectivity index (χ0) is 14.8. The number of pyridine rings is 1. The van der Waals surface area contributed by atoms with Crippen LogP contribution in [-0.4, -0.2) is 15.9 Å². The van der Waals surface area contributed by atoms with Gasteiger partial charge >= 0.3 is 0 Å². The van der Waals surface area contributed by atoms with Crippen LogP contribution in [0.25, 0.3) is 0 Å². The summed E-state index contributed by atoms with van der Waals surface area (Å²) in [7, 11) is 0. The molecule has 0 saturated heterocycles. The number of hydrogen-bond acceptors (Lipinski definition) is 3. The molecule has 0 aliphatic rings. The summed E-state index contributed by atoms with van der Waals surface area (Å²) in [5.41, 5.74) is -1.04. The number of halogens is 1. The molecule has 2 rings (SSSR count). The molecule has 1 heterocycles. The number of carbonyl (C=O) groups is 1. The largest absolute Gasteiger partial charge is 0.372 e. The van der Waals surface area contributed by atoms with Crippen LogP contribution in [-0.2, 0) is 10.4 Å². The molecule has 0 saturated carbocycles. The average molecular weight is 290 g/mol. The second-order valence-corrected chi connectivity index (χ2v) is 5.39. The molecule has 1 aromatic heterocycles. The number of rotatable bonds is 4. The zero-order valence-electron chi connectivity index (χ0n) is 11.4. The van der Waals surface area contributed by atoms with Gasteiger partial charge in [-0.05, 0) is 29.8 Å². The van der Waals surface area contributed by atoms with Crippen molar-refractivity contribution in [2.45, 2.75) is 19.4 Å². The molecule has 0 spiro atoms. The fraction of sp³-hybridized carbons (Fsp3) is 0.250. The van der Waals surface area contributed by atoms with Gasteiger partial charge in [0, 0.05) is 17.1 Å². The molecule has 3 nitrogen and oxygen atoms in total. The van der Waals surface area contributed by atoms with E-state index in [0.717, 1.165) is 0 Å². The molecule has 0 amide bonds. The van der Waals surface area contributed by atoms with Crippen molar-refractivity contribution in [2.75, 3.05) is 0 Å². The first kappa shape index (κ1) is 14.7. The summed E-state index contributed by atoms with van der Waals surface area (Å²) < 4.78 is 0. The Hall–Kier alpha value is -1.71. The maximum absolute atomic E-state index is 12.5. The Balaban J connectivity index is 2.64. The van der Waals surface area contributed by atoms with E-state index in [4.69, 9.17) is 11.6 Å². The van der Waals surface area contributed by atoms with E-state index in [0.29, 0.717) is 16.3 Å². The molecule has 1 aromatic carbocycles. The highest BCUT2D eigenvalue weighted by molar-refractivity contribution is 6.30. The highest BCUT2D eigenvalue weighted by atomic mass is 35.5. The fourth-order valence-corrected chi connectivity index (χ4v) is 2.31. The minimum Gasteiger partial charge on any atom is -0.372 e. The first-order valence-corrected chi connectivity index (χ1v) is 6.78. The van der Waals surface area contributed by atoms with Gasteiger partial charge in [0.15, 0.2) is 11.4 Å². The van der Waals surface area contributed by atoms with E-state index in [1.54, 1.807) is 62.5 Å². The molecule has 1 unspecified atom stereocenters. The van der Waals surface area contributed by atoms with E-state index in [1.807, 2.05) is 0 Å². The summed E-state index contributed by atoms with van der Waals surface area (Å²) in [5.74, 6) is -0.639. The lowest BCUT2D eigenvalue weighted by Gasteiger charge is -2.28. The first-order chi connectivity index (χ1) is 9.46. The van der Waals surface area contributed by atoms with Gasteiger partial charge in [-0.1, -0.05) is 43.6 Å². The number of hydrogen-bond donors (Lipinski definition) is 1. The van der Waals surface area contributed by atoms with Crippen molar-refractivity contribution in [1.29, 1.82) is 0 Å². The third-order valence-corrected chi connectivity index (χ3v) is 3.39. The van der Waals surface area contributed by atoms with Gasteiger partial charge in [0.1, 0.15) is 0 Å². The second kappa shape index (κ2) is 5.73. The van der Waals surface area contributed by atoms with Crippen molar-refractivity contribution >= 4 is 17.4 Å². The van der Waals surface area contributed by atoms with Gasteiger partial charge in [-0.2, -0.15) is 0 Å². The maximum Gasteiger partial charge on any atom is 0.191 e. The zero-order valence-corrected chi connectivity index (χ0v) is 12.1. The van der Waals surface area contributed by atoms with Crippen LogP contribution in [0.4, 0.5) is 0 Å². The number of Topliss-reactive ketones (excluding diaryl/α,β-unsaturated/α-hetero) is 1. The van der Waals surface area contributed by atoms with Crippen LogP contribution in [0.1, 0.15) is 25.1 Å². The molecular formula is C16H16ClNO2. The number of aromatic nitrogens is 1. The molecule has 104 valence electrons. The molecular weight excluding hydrogens is 274 g/mol. The van der Waals surface area contributed by atoms with Crippen molar-refractivity contribution in [2.24, 2.45) is 5.92 Å². The lowest BCUT2D eigenvalue weighted by molar-refractivity contribution is -0.137. The Kier molecular flexibility index (Phi) is 4.21. The molecule has 0 aliphatic carbocycles. The summed E-state index contributed by atoms with van der Waals surface area (Å²) >= 11 is 5.98. The monoisotopic (exact) mass is 289 g/mol. The maximum atomic E-state index is 12.5. The molecule has 20 heavy (non-hydrogen) atoms. The van der Waals surface area contributed by atoms with Crippen molar-refractivity contribution < 1.29 is 9.90 Å². The topological polar surface area (TPSA) is 50.2 Å². The van der Waals surface area contributed by atoms with Crippen molar-refractivity contribution in [1.82, 2.24) is 4.98 Å². The summed E-state index contributed by atoms with van der Waals surface area (Å²) in [6.07, 6.45) is 1.55. The third kappa shape index (κ3) is 2.60. The lowest BCUT2D eigenvalue weighted by atomic mass is 9.81. The Morgan fingerprint density at radius 3 is 2.55 bits per heavy atom. The highest BCUT2D eigenvalue weighted by Gasteiger charge is 2.42. The van der Waals surface area contributed by atoms with Crippen molar-refractivity contribution in [3.63, 3.8) is 0 Å². The molecule has 0 bridgehead atoms. The number of benzene rings is 1. The van der Waals surface area contributed by atoms with E-state index in [1.165, 1.54) is 0 Å². The predicted molar refractivity (Wildman–Crippen MR) is 78.5 cm³/mol. The smallest absolute Gasteiger partial charge is 0.191 e. The quantitative estimate of drug-likeness (QED) is 0.940. The Bertz CT molecular complexity index is 613. The van der Waals surface area contributed by atoms with Crippen LogP contribution in [0.3, 0.4) is 0 Å². The molecule has 0 radical (unpaired) electrons. The summed E-state index contributed by atoms with van der Waals surface area (Å²) in [6, 6.07) is 11.8. The van der Waals surface area contributed by atoms with Crippen LogP contribution in [0.15, 0.2) is 48.7 Å². The number of carbonyl (C=O) groups excluding carboxylic acids is 1. The number of nitrogens with zero attached hydrogens (tertiary/aromatic N) is 1. The molecule has 1 N–H and O–H groups in total. The Morgan fingerprint density at radius 2 is 2.00 bits per heavy atom. The first-order valence-electron chi connectivity index (χ1n) is 6.40. The summed E-state index contributed by atoms with van der Waals surface area (Å²) in [5, 5.41) is 11.5. The SMILES string of the molecule is CC(C)C(=O)C(O)(c1cccc(Cl)c1)c1ccccn1. The van der Waals surface area contributed by atoms with Gasteiger partial charge in [-0.3, -0.25) is 9.78 Å². The van der Waals surface area contributed by atoms with E-state index < -0.39 is 5.60 Å². The Morgan fingerprint density at radius 1 is 1.25 bits per heavy atom. The third-order valence-electron chi connectivity index (χ3n) is 3.16. The van der Waals surface area contributed by atoms with E-state index >= 15 is 0 Å². The van der Waals surface area contributed by atoms with Crippen molar-refractivity contribution in [3.05, 3.63) is 64.9 Å². The van der Waals surface area contributed by atoms with Crippen LogP contribution in [0.2, 0.25) is 5.02 Å². The summed E-state index contributed by atoms with van der Waals surface area (Å²) in [4.78, 5) is 16.7. The standard InChI is InChI=1S/C16H16ClNO2/c1-11(2)15(19)16(20,14-8-3-4-9-18-14)12-6-5-7-13(17)10-12/h3-11,20H,1-2H3. The average Bonchev–Trinajstić information content (AvgIpc) is 2.46. The van der Waals surface area contributed by atoms with Gasteiger partial charge < -0.3 is 5.11 Å². The molecule has 1 atom stereocenters. The van der Waals surface area contributed by atoms with Gasteiger partial charge in [0.25, 0.3) is 0 Å². The van der Waals surface area contributed by atoms with Crippen LogP contribution >= 0.6 is 11.6 Å².